The van der Waals surface area contributed by atoms with Crippen molar-refractivity contribution < 1.29 is 28.5 Å². The number of hydrogen-bond acceptors (Lipinski definition) is 7. The second kappa shape index (κ2) is 19.2. The lowest BCUT2D eigenvalue weighted by molar-refractivity contribution is 0.0308. The molecule has 2 N–H and O–H groups in total. The number of carbonyl (C=O) groups excluding carboxylic acids is 1. The summed E-state index contributed by atoms with van der Waals surface area (Å²) >= 11 is 0. The number of nitrogens with one attached hydrogen (secondary N) is 1. The standard InChI is InChI=1S/C38H49N2O6P/c1-5-6-7-8-15-24-44-34-21-20-31(25-33(34)27-39)22-23-38(28-41,40-36(42)46-37(2,3)4)29-45-47(43)35(32-18-13-10-14-19-32)26-30-16-11-9-12-17-30/h9-14,16-21,25,35,41H,5-8,15,22-24,26,28-29H2,1-4H3/p+1. The Kier molecular flexibility index (Phi) is 15.4. The fourth-order valence-corrected chi connectivity index (χ4v) is 6.51. The minimum Gasteiger partial charge on any atom is -0.492 e. The summed E-state index contributed by atoms with van der Waals surface area (Å²) in [6.07, 6.45) is 6.00. The number of rotatable bonds is 19. The number of hydrogen-bond donors (Lipinski definition) is 2. The van der Waals surface area contributed by atoms with Crippen LogP contribution in [0.5, 0.6) is 5.75 Å². The zero-order chi connectivity index (χ0) is 34.1. The summed E-state index contributed by atoms with van der Waals surface area (Å²) in [6, 6.07) is 27.0. The summed E-state index contributed by atoms with van der Waals surface area (Å²) in [7, 11) is -2.27. The highest BCUT2D eigenvalue weighted by atomic mass is 31.1. The van der Waals surface area contributed by atoms with Crippen LogP contribution in [0.2, 0.25) is 0 Å². The molecule has 47 heavy (non-hydrogen) atoms. The molecule has 0 heterocycles. The maximum absolute atomic E-state index is 13.8. The first kappa shape index (κ1) is 37.7. The van der Waals surface area contributed by atoms with Crippen molar-refractivity contribution in [3.8, 4) is 11.8 Å². The normalized spacial score (nSPS) is 13.6. The fraction of sp³-hybridized carbons (Fsp3) is 0.474. The maximum atomic E-state index is 13.8. The summed E-state index contributed by atoms with van der Waals surface area (Å²) in [5.74, 6) is 0.540. The number of aliphatic hydroxyl groups excluding tert-OH is 1. The molecule has 3 unspecified atom stereocenters. The van der Waals surface area contributed by atoms with Gasteiger partial charge in [0, 0.05) is 12.0 Å². The van der Waals surface area contributed by atoms with E-state index in [4.69, 9.17) is 14.0 Å². The van der Waals surface area contributed by atoms with Crippen molar-refractivity contribution in [2.75, 3.05) is 19.8 Å². The first-order valence-corrected chi connectivity index (χ1v) is 17.8. The molecule has 0 spiro atoms. The van der Waals surface area contributed by atoms with E-state index >= 15 is 0 Å². The maximum Gasteiger partial charge on any atom is 0.516 e. The predicted molar refractivity (Wildman–Crippen MR) is 186 cm³/mol. The number of aryl methyl sites for hydroxylation is 1. The Labute approximate surface area is 281 Å². The number of carbonyl (C=O) groups is 1. The molecule has 0 aliphatic rings. The Morgan fingerprint density at radius 2 is 1.64 bits per heavy atom. The molecule has 0 aromatic heterocycles. The van der Waals surface area contributed by atoms with Gasteiger partial charge in [0.15, 0.2) is 0 Å². The van der Waals surface area contributed by atoms with Crippen molar-refractivity contribution in [1.29, 1.82) is 5.26 Å². The molecule has 9 heteroatoms. The van der Waals surface area contributed by atoms with Crippen LogP contribution in [0.3, 0.4) is 0 Å². The van der Waals surface area contributed by atoms with Gasteiger partial charge in [-0.05, 0) is 67.9 Å². The molecule has 3 aromatic carbocycles. The van der Waals surface area contributed by atoms with Crippen LogP contribution in [0.15, 0.2) is 78.9 Å². The Morgan fingerprint density at radius 3 is 2.28 bits per heavy atom. The van der Waals surface area contributed by atoms with E-state index in [1.807, 2.05) is 66.7 Å². The monoisotopic (exact) mass is 661 g/mol. The second-order valence-electron chi connectivity index (χ2n) is 12.9. The zero-order valence-corrected chi connectivity index (χ0v) is 29.1. The minimum absolute atomic E-state index is 0.208. The first-order chi connectivity index (χ1) is 22.6. The lowest BCUT2D eigenvalue weighted by Gasteiger charge is -2.32. The summed E-state index contributed by atoms with van der Waals surface area (Å²) in [5.41, 5.74) is 0.642. The van der Waals surface area contributed by atoms with Crippen LogP contribution in [0.25, 0.3) is 0 Å². The number of nitrogens with zero attached hydrogens (tertiary/aromatic N) is 1. The quantitative estimate of drug-likeness (QED) is 0.0974. The number of nitriles is 1. The lowest BCUT2D eigenvalue weighted by atomic mass is 9.92. The number of unbranched alkanes of at least 4 members (excludes halogenated alkanes) is 4. The molecule has 1 amide bonds. The Balaban J connectivity index is 1.77. The second-order valence-corrected chi connectivity index (χ2v) is 14.4. The third kappa shape index (κ3) is 13.1. The highest BCUT2D eigenvalue weighted by Crippen LogP contribution is 2.45. The van der Waals surface area contributed by atoms with Crippen LogP contribution in [-0.2, 0) is 26.7 Å². The largest absolute Gasteiger partial charge is 0.516 e. The highest BCUT2D eigenvalue weighted by molar-refractivity contribution is 7.39. The molecule has 0 saturated carbocycles. The molecule has 0 saturated heterocycles. The molecule has 8 nitrogen and oxygen atoms in total. The number of aliphatic hydroxyl groups is 1. The summed E-state index contributed by atoms with van der Waals surface area (Å²) in [4.78, 5) is 13.0. The summed E-state index contributed by atoms with van der Waals surface area (Å²) < 4.78 is 31.3. The van der Waals surface area contributed by atoms with Crippen LogP contribution < -0.4 is 10.1 Å². The van der Waals surface area contributed by atoms with Gasteiger partial charge in [-0.3, -0.25) is 0 Å². The van der Waals surface area contributed by atoms with Gasteiger partial charge < -0.3 is 19.9 Å². The van der Waals surface area contributed by atoms with Gasteiger partial charge >= 0.3 is 14.1 Å². The first-order valence-electron chi connectivity index (χ1n) is 16.5. The number of ether oxygens (including phenoxy) is 2. The van der Waals surface area contributed by atoms with Crippen LogP contribution in [0, 0.1) is 11.3 Å². The van der Waals surface area contributed by atoms with E-state index in [1.165, 1.54) is 19.3 Å². The van der Waals surface area contributed by atoms with Gasteiger partial charge in [0.25, 0.3) is 0 Å². The van der Waals surface area contributed by atoms with Crippen molar-refractivity contribution in [2.24, 2.45) is 0 Å². The van der Waals surface area contributed by atoms with E-state index in [1.54, 1.807) is 32.9 Å². The molecule has 0 aliphatic heterocycles. The third-order valence-electron chi connectivity index (χ3n) is 7.81. The predicted octanol–water partition coefficient (Wildman–Crippen LogP) is 8.84. The van der Waals surface area contributed by atoms with Crippen molar-refractivity contribution in [1.82, 2.24) is 5.32 Å². The van der Waals surface area contributed by atoms with Gasteiger partial charge in [-0.25, -0.2) is 4.79 Å². The average Bonchev–Trinajstić information content (AvgIpc) is 3.06. The Morgan fingerprint density at radius 1 is 0.957 bits per heavy atom. The topological polar surface area (TPSA) is 118 Å². The van der Waals surface area contributed by atoms with Crippen molar-refractivity contribution in [2.45, 2.75) is 95.9 Å². The van der Waals surface area contributed by atoms with E-state index in [9.17, 15) is 19.7 Å². The smallest absolute Gasteiger partial charge is 0.492 e. The van der Waals surface area contributed by atoms with E-state index < -0.39 is 37.5 Å². The molecular weight excluding hydrogens is 611 g/mol. The van der Waals surface area contributed by atoms with Gasteiger partial charge in [-0.1, -0.05) is 99.3 Å². The van der Waals surface area contributed by atoms with Crippen molar-refractivity contribution >= 4 is 14.1 Å². The van der Waals surface area contributed by atoms with Gasteiger partial charge in [0.2, 0.25) is 5.66 Å². The van der Waals surface area contributed by atoms with Crippen LogP contribution in [0.4, 0.5) is 4.79 Å². The number of alkyl carbamates (subject to hydrolysis) is 1. The van der Waals surface area contributed by atoms with E-state index in [0.717, 1.165) is 29.5 Å². The van der Waals surface area contributed by atoms with Gasteiger partial charge in [0.05, 0.1) is 24.3 Å². The molecule has 3 atom stereocenters. The van der Waals surface area contributed by atoms with Crippen LogP contribution in [0.1, 0.15) is 94.1 Å². The molecular formula is C38H50N2O6P+. The molecule has 0 aliphatic carbocycles. The average molecular weight is 662 g/mol. The van der Waals surface area contributed by atoms with E-state index in [-0.39, 0.29) is 13.0 Å². The SMILES string of the molecule is CCCCCCCOc1ccc(CCC(CO)(CO[P+](=O)C(Cc2ccccc2)c2ccccc2)NC(=O)OC(C)(C)C)cc1C#N. The van der Waals surface area contributed by atoms with E-state index in [2.05, 4.69) is 18.3 Å². The summed E-state index contributed by atoms with van der Waals surface area (Å²) in [6.45, 7) is 7.31. The van der Waals surface area contributed by atoms with Gasteiger partial charge in [0.1, 0.15) is 24.0 Å². The fourth-order valence-electron chi connectivity index (χ4n) is 5.18. The van der Waals surface area contributed by atoms with Gasteiger partial charge in [-0.15, -0.1) is 4.52 Å². The number of amides is 1. The highest BCUT2D eigenvalue weighted by Gasteiger charge is 2.41. The van der Waals surface area contributed by atoms with Crippen molar-refractivity contribution in [3.63, 3.8) is 0 Å². The van der Waals surface area contributed by atoms with Crippen LogP contribution in [-0.4, -0.2) is 42.2 Å². The third-order valence-corrected chi connectivity index (χ3v) is 9.18. The molecule has 0 bridgehead atoms. The molecule has 0 radical (unpaired) electrons. The Hall–Kier alpha value is -3.76. The van der Waals surface area contributed by atoms with Crippen molar-refractivity contribution in [3.05, 3.63) is 101 Å². The zero-order valence-electron chi connectivity index (χ0n) is 28.2. The summed E-state index contributed by atoms with van der Waals surface area (Å²) in [5, 5.41) is 23.4. The molecule has 0 fully saturated rings. The van der Waals surface area contributed by atoms with Crippen LogP contribution >= 0.6 is 8.03 Å². The molecule has 252 valence electrons. The van der Waals surface area contributed by atoms with E-state index in [0.29, 0.717) is 30.8 Å². The number of benzene rings is 3. The van der Waals surface area contributed by atoms with Gasteiger partial charge in [-0.2, -0.15) is 5.26 Å². The Bertz CT molecular complexity index is 1440. The minimum atomic E-state index is -2.27. The molecule has 3 aromatic rings. The molecule has 3 rings (SSSR count). The lowest BCUT2D eigenvalue weighted by Crippen LogP contribution is -2.55.